The van der Waals surface area contributed by atoms with Crippen LogP contribution in [0.1, 0.15) is 23.7 Å². The van der Waals surface area contributed by atoms with E-state index in [4.69, 9.17) is 4.74 Å². The van der Waals surface area contributed by atoms with Crippen LogP contribution in [-0.4, -0.2) is 40.9 Å². The molecule has 0 saturated heterocycles. The monoisotopic (exact) mass is 345 g/mol. The van der Waals surface area contributed by atoms with E-state index in [1.165, 1.54) is 13.3 Å². The molecule has 25 heavy (non-hydrogen) atoms. The number of carbonyl (C=O) groups is 1. The Morgan fingerprint density at radius 1 is 1.24 bits per heavy atom. The lowest BCUT2D eigenvalue weighted by Gasteiger charge is -2.10. The molecule has 0 saturated carbocycles. The Labute approximate surface area is 144 Å². The van der Waals surface area contributed by atoms with E-state index in [1.54, 1.807) is 31.4 Å². The van der Waals surface area contributed by atoms with Crippen molar-refractivity contribution in [2.75, 3.05) is 30.9 Å². The molecular formula is C16H19N5O4. The molecule has 132 valence electrons. The van der Waals surface area contributed by atoms with Crippen LogP contribution in [0.25, 0.3) is 0 Å². The number of nitro groups is 1. The summed E-state index contributed by atoms with van der Waals surface area (Å²) in [7, 11) is 1.59. The minimum Gasteiger partial charge on any atom is -0.385 e. The summed E-state index contributed by atoms with van der Waals surface area (Å²) in [5, 5.41) is 17.3. The fourth-order valence-electron chi connectivity index (χ4n) is 2.12. The number of rotatable bonds is 9. The lowest BCUT2D eigenvalue weighted by atomic mass is 10.1. The van der Waals surface area contributed by atoms with Crippen molar-refractivity contribution in [1.29, 1.82) is 0 Å². The fourth-order valence-corrected chi connectivity index (χ4v) is 2.12. The molecule has 0 radical (unpaired) electrons. The number of carbonyl (C=O) groups excluding carboxylic acids is 1. The number of methoxy groups -OCH3 is 1. The average Bonchev–Trinajstić information content (AvgIpc) is 2.59. The number of Topliss-reactive ketones (excluding diaryl/α,β-unsaturated/α-hetero) is 1. The van der Waals surface area contributed by atoms with Gasteiger partial charge >= 0.3 is 5.69 Å². The van der Waals surface area contributed by atoms with E-state index in [0.717, 1.165) is 0 Å². The summed E-state index contributed by atoms with van der Waals surface area (Å²) in [4.78, 5) is 30.1. The van der Waals surface area contributed by atoms with Crippen molar-refractivity contribution in [2.45, 2.75) is 13.3 Å². The van der Waals surface area contributed by atoms with Crippen molar-refractivity contribution in [3.05, 3.63) is 46.3 Å². The quantitative estimate of drug-likeness (QED) is 0.308. The van der Waals surface area contributed by atoms with Gasteiger partial charge < -0.3 is 15.4 Å². The Kier molecular flexibility index (Phi) is 6.35. The van der Waals surface area contributed by atoms with Crippen molar-refractivity contribution in [1.82, 2.24) is 9.97 Å². The van der Waals surface area contributed by atoms with Gasteiger partial charge in [-0.1, -0.05) is 0 Å². The second-order valence-electron chi connectivity index (χ2n) is 5.21. The maximum Gasteiger partial charge on any atom is 0.353 e. The van der Waals surface area contributed by atoms with Crippen molar-refractivity contribution in [3.63, 3.8) is 0 Å². The summed E-state index contributed by atoms with van der Waals surface area (Å²) >= 11 is 0. The fraction of sp³-hybridized carbons (Fsp3) is 0.312. The van der Waals surface area contributed by atoms with E-state index in [9.17, 15) is 14.9 Å². The first kappa shape index (κ1) is 18.3. The van der Waals surface area contributed by atoms with E-state index < -0.39 is 4.92 Å². The summed E-state index contributed by atoms with van der Waals surface area (Å²) in [6, 6.07) is 6.60. The predicted octanol–water partition coefficient (Wildman–Crippen LogP) is 2.78. The molecule has 0 amide bonds. The van der Waals surface area contributed by atoms with Gasteiger partial charge in [-0.15, -0.1) is 0 Å². The Bertz CT molecular complexity index is 749. The molecule has 0 aliphatic heterocycles. The minimum absolute atomic E-state index is 0.0536. The molecule has 2 rings (SSSR count). The van der Waals surface area contributed by atoms with Gasteiger partial charge in [0.25, 0.3) is 0 Å². The number of aromatic nitrogens is 2. The van der Waals surface area contributed by atoms with E-state index in [0.29, 0.717) is 30.8 Å². The molecule has 2 aromatic rings. The van der Waals surface area contributed by atoms with Gasteiger partial charge in [-0.2, -0.15) is 0 Å². The third kappa shape index (κ3) is 4.95. The van der Waals surface area contributed by atoms with E-state index in [-0.39, 0.29) is 23.1 Å². The van der Waals surface area contributed by atoms with Crippen molar-refractivity contribution in [2.24, 2.45) is 0 Å². The summed E-state index contributed by atoms with van der Waals surface area (Å²) < 4.78 is 4.94. The summed E-state index contributed by atoms with van der Waals surface area (Å²) in [5.74, 6) is 0.158. The normalized spacial score (nSPS) is 10.3. The van der Waals surface area contributed by atoms with E-state index in [1.807, 2.05) is 0 Å². The highest BCUT2D eigenvalue weighted by atomic mass is 16.6. The lowest BCUT2D eigenvalue weighted by molar-refractivity contribution is -0.383. The molecule has 0 fully saturated rings. The Hall–Kier alpha value is -3.07. The highest BCUT2D eigenvalue weighted by molar-refractivity contribution is 5.94. The summed E-state index contributed by atoms with van der Waals surface area (Å²) in [6.45, 7) is 2.50. The Morgan fingerprint density at radius 2 is 1.92 bits per heavy atom. The van der Waals surface area contributed by atoms with Gasteiger partial charge in [-0.3, -0.25) is 14.9 Å². The molecule has 1 aromatic heterocycles. The first-order valence-corrected chi connectivity index (χ1v) is 7.63. The van der Waals surface area contributed by atoms with Crippen molar-refractivity contribution in [3.8, 4) is 0 Å². The van der Waals surface area contributed by atoms with Gasteiger partial charge in [0.05, 0.1) is 4.92 Å². The Morgan fingerprint density at radius 3 is 2.52 bits per heavy atom. The molecule has 0 atom stereocenters. The molecule has 1 heterocycles. The standard InChI is InChI=1S/C16H19N5O4/c1-11(22)12-4-6-13(7-5-12)20-16-14(21(23)24)15(18-10-19-16)17-8-3-9-25-2/h4-7,10H,3,8-9H2,1-2H3,(H2,17,18,19,20). The van der Waals surface area contributed by atoms with Crippen LogP contribution < -0.4 is 10.6 Å². The first-order chi connectivity index (χ1) is 12.0. The zero-order valence-corrected chi connectivity index (χ0v) is 14.0. The number of ether oxygens (including phenoxy) is 1. The molecule has 1 aromatic carbocycles. The molecule has 2 N–H and O–H groups in total. The van der Waals surface area contributed by atoms with Crippen LogP contribution in [0.15, 0.2) is 30.6 Å². The molecule has 0 bridgehead atoms. The van der Waals surface area contributed by atoms with Gasteiger partial charge in [-0.25, -0.2) is 9.97 Å². The number of ketones is 1. The highest BCUT2D eigenvalue weighted by Crippen LogP contribution is 2.31. The van der Waals surface area contributed by atoms with Crippen LogP contribution in [-0.2, 0) is 4.74 Å². The number of benzene rings is 1. The molecule has 0 spiro atoms. The largest absolute Gasteiger partial charge is 0.385 e. The number of hydrogen-bond donors (Lipinski definition) is 2. The first-order valence-electron chi connectivity index (χ1n) is 7.63. The topological polar surface area (TPSA) is 119 Å². The van der Waals surface area contributed by atoms with Gasteiger partial charge in [-0.05, 0) is 37.6 Å². The number of nitrogens with one attached hydrogen (secondary N) is 2. The van der Waals surface area contributed by atoms with Crippen LogP contribution >= 0.6 is 0 Å². The lowest BCUT2D eigenvalue weighted by Crippen LogP contribution is -2.10. The maximum absolute atomic E-state index is 11.4. The summed E-state index contributed by atoms with van der Waals surface area (Å²) in [5.41, 5.74) is 0.899. The Balaban J connectivity index is 2.21. The molecule has 9 nitrogen and oxygen atoms in total. The number of anilines is 3. The predicted molar refractivity (Wildman–Crippen MR) is 93.4 cm³/mol. The second-order valence-corrected chi connectivity index (χ2v) is 5.21. The maximum atomic E-state index is 11.4. The van der Waals surface area contributed by atoms with Crippen LogP contribution in [0.4, 0.5) is 23.0 Å². The second kappa shape index (κ2) is 8.69. The average molecular weight is 345 g/mol. The molecular weight excluding hydrogens is 326 g/mol. The van der Waals surface area contributed by atoms with Crippen LogP contribution in [0, 0.1) is 10.1 Å². The van der Waals surface area contributed by atoms with E-state index >= 15 is 0 Å². The zero-order valence-electron chi connectivity index (χ0n) is 14.0. The van der Waals surface area contributed by atoms with E-state index in [2.05, 4.69) is 20.6 Å². The van der Waals surface area contributed by atoms with Crippen LogP contribution in [0.2, 0.25) is 0 Å². The molecule has 9 heteroatoms. The van der Waals surface area contributed by atoms with Gasteiger partial charge in [0.1, 0.15) is 6.33 Å². The smallest absolute Gasteiger partial charge is 0.353 e. The van der Waals surface area contributed by atoms with Crippen molar-refractivity contribution >= 4 is 28.8 Å². The van der Waals surface area contributed by atoms with Crippen molar-refractivity contribution < 1.29 is 14.5 Å². The molecule has 0 aliphatic rings. The number of hydrogen-bond acceptors (Lipinski definition) is 8. The van der Waals surface area contributed by atoms with Gasteiger partial charge in [0, 0.05) is 31.5 Å². The summed E-state index contributed by atoms with van der Waals surface area (Å²) in [6.07, 6.45) is 1.94. The van der Waals surface area contributed by atoms with Gasteiger partial charge in [0.15, 0.2) is 5.78 Å². The highest BCUT2D eigenvalue weighted by Gasteiger charge is 2.22. The van der Waals surface area contributed by atoms with Crippen LogP contribution in [0.5, 0.6) is 0 Å². The van der Waals surface area contributed by atoms with Crippen LogP contribution in [0.3, 0.4) is 0 Å². The zero-order chi connectivity index (χ0) is 18.2. The third-order valence-corrected chi connectivity index (χ3v) is 3.38. The minimum atomic E-state index is -0.537. The van der Waals surface area contributed by atoms with Gasteiger partial charge in [0.2, 0.25) is 11.6 Å². The number of nitrogens with zero attached hydrogens (tertiary/aromatic N) is 3. The molecule has 0 aliphatic carbocycles. The third-order valence-electron chi connectivity index (χ3n) is 3.38. The SMILES string of the molecule is COCCCNc1ncnc(Nc2ccc(C(C)=O)cc2)c1[N+](=O)[O-]. The molecule has 0 unspecified atom stereocenters.